The van der Waals surface area contributed by atoms with Gasteiger partial charge in [0.15, 0.2) is 6.10 Å². The second-order valence-corrected chi connectivity index (χ2v) is 21.3. The molecular weight excluding hydrogens is 913 g/mol. The van der Waals surface area contributed by atoms with Gasteiger partial charge in [-0.25, -0.2) is 0 Å². The standard InChI is InChI=1S/C68H120O6/c1-4-7-10-13-16-19-22-25-28-30-32-34-36-37-40-43-46-49-52-55-58-61-67(70)73-64-65(63-72-66(69)60-57-54-51-48-45-42-39-27-24-21-18-15-12-9-6-3)74-68(71)62-59-56-53-50-47-44-41-38-35-33-31-29-26-23-20-17-14-11-8-5-2/h9,12,18,21,27,30,32,39,45,48,54,57,65H,4-8,10-11,13-17,19-20,22-26,28-29,31,33-38,40-44,46-47,49-53,55-56,58-64H2,1-3H3/b12-9-,21-18-,32-30-,39-27-,48-45-,57-54-. The smallest absolute Gasteiger partial charge is 0.309 e. The van der Waals surface area contributed by atoms with Crippen LogP contribution in [0.2, 0.25) is 0 Å². The molecule has 0 radical (unpaired) electrons. The Hall–Kier alpha value is -3.15. The normalized spacial score (nSPS) is 12.5. The van der Waals surface area contributed by atoms with Crippen molar-refractivity contribution in [2.45, 2.75) is 329 Å². The zero-order chi connectivity index (χ0) is 53.6. The van der Waals surface area contributed by atoms with E-state index in [4.69, 9.17) is 14.2 Å². The fraction of sp³-hybridized carbons (Fsp3) is 0.779. The van der Waals surface area contributed by atoms with Crippen LogP contribution in [-0.4, -0.2) is 37.2 Å². The molecule has 0 saturated carbocycles. The maximum absolute atomic E-state index is 12.9. The molecule has 0 fully saturated rings. The van der Waals surface area contributed by atoms with E-state index in [1.165, 1.54) is 212 Å². The van der Waals surface area contributed by atoms with Crippen molar-refractivity contribution in [1.82, 2.24) is 0 Å². The number of unbranched alkanes of at least 4 members (excludes halogenated alkanes) is 36. The van der Waals surface area contributed by atoms with Crippen LogP contribution >= 0.6 is 0 Å². The summed E-state index contributed by atoms with van der Waals surface area (Å²) in [6.45, 7) is 6.48. The average molecular weight is 1030 g/mol. The quantitative estimate of drug-likeness (QED) is 0.0261. The molecule has 0 bridgehead atoms. The molecular formula is C68H120O6. The maximum Gasteiger partial charge on any atom is 0.309 e. The van der Waals surface area contributed by atoms with Gasteiger partial charge >= 0.3 is 17.9 Å². The van der Waals surface area contributed by atoms with Crippen molar-refractivity contribution in [1.29, 1.82) is 0 Å². The second-order valence-electron chi connectivity index (χ2n) is 21.3. The van der Waals surface area contributed by atoms with Gasteiger partial charge < -0.3 is 14.2 Å². The third-order valence-electron chi connectivity index (χ3n) is 14.0. The molecule has 428 valence electrons. The molecule has 0 saturated heterocycles. The highest BCUT2D eigenvalue weighted by molar-refractivity contribution is 5.72. The fourth-order valence-electron chi connectivity index (χ4n) is 9.22. The minimum absolute atomic E-state index is 0.103. The molecule has 0 N–H and O–H groups in total. The molecule has 0 heterocycles. The Kier molecular flexibility index (Phi) is 59.7. The van der Waals surface area contributed by atoms with Crippen LogP contribution in [-0.2, 0) is 28.6 Å². The van der Waals surface area contributed by atoms with E-state index in [1.807, 2.05) is 6.08 Å². The van der Waals surface area contributed by atoms with E-state index < -0.39 is 12.1 Å². The van der Waals surface area contributed by atoms with Crippen LogP contribution in [0.4, 0.5) is 0 Å². The van der Waals surface area contributed by atoms with E-state index in [2.05, 4.69) is 81.5 Å². The summed E-state index contributed by atoms with van der Waals surface area (Å²) in [5.74, 6) is -1.02. The Morgan fingerprint density at radius 2 is 0.581 bits per heavy atom. The number of carbonyl (C=O) groups is 3. The van der Waals surface area contributed by atoms with Crippen LogP contribution in [0.3, 0.4) is 0 Å². The average Bonchev–Trinajstić information content (AvgIpc) is 3.40. The summed E-state index contributed by atoms with van der Waals surface area (Å²) in [7, 11) is 0. The predicted octanol–water partition coefficient (Wildman–Crippen LogP) is 21.7. The topological polar surface area (TPSA) is 78.9 Å². The number of hydrogen-bond donors (Lipinski definition) is 0. The van der Waals surface area contributed by atoms with E-state index >= 15 is 0 Å². The molecule has 6 nitrogen and oxygen atoms in total. The molecule has 74 heavy (non-hydrogen) atoms. The van der Waals surface area contributed by atoms with Gasteiger partial charge in [-0.1, -0.05) is 306 Å². The van der Waals surface area contributed by atoms with Crippen molar-refractivity contribution >= 4 is 17.9 Å². The Morgan fingerprint density at radius 1 is 0.297 bits per heavy atom. The lowest BCUT2D eigenvalue weighted by molar-refractivity contribution is -0.166. The fourth-order valence-corrected chi connectivity index (χ4v) is 9.22. The molecule has 0 spiro atoms. The van der Waals surface area contributed by atoms with Crippen LogP contribution in [0.15, 0.2) is 72.9 Å². The van der Waals surface area contributed by atoms with E-state index in [-0.39, 0.29) is 31.6 Å². The molecule has 0 aromatic carbocycles. The van der Waals surface area contributed by atoms with Crippen molar-refractivity contribution < 1.29 is 28.6 Å². The van der Waals surface area contributed by atoms with Crippen LogP contribution < -0.4 is 0 Å². The van der Waals surface area contributed by atoms with Gasteiger partial charge in [-0.3, -0.25) is 14.4 Å². The highest BCUT2D eigenvalue weighted by atomic mass is 16.6. The highest BCUT2D eigenvalue weighted by Crippen LogP contribution is 2.17. The van der Waals surface area contributed by atoms with Gasteiger partial charge in [0.2, 0.25) is 0 Å². The number of rotatable bonds is 58. The van der Waals surface area contributed by atoms with Gasteiger partial charge in [0.05, 0.1) is 6.42 Å². The Balaban J connectivity index is 4.40. The van der Waals surface area contributed by atoms with Crippen LogP contribution in [0.25, 0.3) is 0 Å². The summed E-state index contributed by atoms with van der Waals surface area (Å²) in [5.41, 5.74) is 0. The third kappa shape index (κ3) is 59.7. The first kappa shape index (κ1) is 70.8. The molecule has 0 amide bonds. The van der Waals surface area contributed by atoms with Crippen molar-refractivity contribution in [3.8, 4) is 0 Å². The molecule has 0 aliphatic carbocycles. The molecule has 6 heteroatoms. The van der Waals surface area contributed by atoms with Gasteiger partial charge in [0.25, 0.3) is 0 Å². The maximum atomic E-state index is 12.9. The summed E-state index contributed by atoms with van der Waals surface area (Å²) in [4.78, 5) is 38.2. The zero-order valence-electron chi connectivity index (χ0n) is 49.1. The number of hydrogen-bond acceptors (Lipinski definition) is 6. The lowest BCUT2D eigenvalue weighted by Gasteiger charge is -2.18. The first-order valence-corrected chi connectivity index (χ1v) is 31.9. The minimum Gasteiger partial charge on any atom is -0.462 e. The SMILES string of the molecule is CC/C=C\C/C=C\C/C=C\C/C=C\C/C=C\CC(=O)OCC(COC(=O)CCCCCCCCCCC/C=C\CCCCCCCCCC)OC(=O)CCCCCCCCCCCCCCCCCCCCCC. The van der Waals surface area contributed by atoms with Crippen LogP contribution in [0.5, 0.6) is 0 Å². The van der Waals surface area contributed by atoms with Crippen LogP contribution in [0, 0.1) is 0 Å². The molecule has 0 aromatic rings. The van der Waals surface area contributed by atoms with Crippen molar-refractivity contribution in [3.63, 3.8) is 0 Å². The zero-order valence-corrected chi connectivity index (χ0v) is 49.1. The molecule has 1 unspecified atom stereocenters. The van der Waals surface area contributed by atoms with E-state index in [0.717, 1.165) is 70.6 Å². The second kappa shape index (κ2) is 62.4. The van der Waals surface area contributed by atoms with E-state index in [0.29, 0.717) is 12.8 Å². The minimum atomic E-state index is -0.815. The first-order chi connectivity index (χ1) is 36.5. The number of allylic oxidation sites excluding steroid dienone is 11. The summed E-state index contributed by atoms with van der Waals surface area (Å²) < 4.78 is 16.8. The van der Waals surface area contributed by atoms with Gasteiger partial charge in [-0.05, 0) is 70.6 Å². The number of esters is 3. The summed E-state index contributed by atoms with van der Waals surface area (Å²) in [5, 5.41) is 0. The predicted molar refractivity (Wildman–Crippen MR) is 321 cm³/mol. The van der Waals surface area contributed by atoms with Crippen LogP contribution in [0.1, 0.15) is 323 Å². The number of carbonyl (C=O) groups excluding carboxylic acids is 3. The summed E-state index contributed by atoms with van der Waals surface area (Å²) in [6, 6.07) is 0. The van der Waals surface area contributed by atoms with E-state index in [9.17, 15) is 14.4 Å². The van der Waals surface area contributed by atoms with E-state index in [1.54, 1.807) is 6.08 Å². The molecule has 0 aliphatic rings. The summed E-state index contributed by atoms with van der Waals surface area (Å²) >= 11 is 0. The third-order valence-corrected chi connectivity index (χ3v) is 14.0. The molecule has 0 aliphatic heterocycles. The van der Waals surface area contributed by atoms with Gasteiger partial charge in [-0.15, -0.1) is 0 Å². The Bertz CT molecular complexity index is 1370. The molecule has 1 atom stereocenters. The monoisotopic (exact) mass is 1030 g/mol. The molecule has 0 aromatic heterocycles. The lowest BCUT2D eigenvalue weighted by Crippen LogP contribution is -2.30. The highest BCUT2D eigenvalue weighted by Gasteiger charge is 2.19. The van der Waals surface area contributed by atoms with Gasteiger partial charge in [-0.2, -0.15) is 0 Å². The first-order valence-electron chi connectivity index (χ1n) is 31.9. The van der Waals surface area contributed by atoms with Gasteiger partial charge in [0, 0.05) is 12.8 Å². The Morgan fingerprint density at radius 3 is 0.932 bits per heavy atom. The van der Waals surface area contributed by atoms with Crippen molar-refractivity contribution in [3.05, 3.63) is 72.9 Å². The Labute approximate surface area is 459 Å². The molecule has 0 rings (SSSR count). The van der Waals surface area contributed by atoms with Crippen molar-refractivity contribution in [2.75, 3.05) is 13.2 Å². The summed E-state index contributed by atoms with van der Waals surface area (Å²) in [6.07, 6.45) is 80.8. The lowest BCUT2D eigenvalue weighted by atomic mass is 10.0. The van der Waals surface area contributed by atoms with Gasteiger partial charge in [0.1, 0.15) is 13.2 Å². The largest absolute Gasteiger partial charge is 0.462 e. The van der Waals surface area contributed by atoms with Crippen molar-refractivity contribution in [2.24, 2.45) is 0 Å². The number of ether oxygens (including phenoxy) is 3.